The molecular formula is C11H14O3. The highest BCUT2D eigenvalue weighted by molar-refractivity contribution is 5.49. The summed E-state index contributed by atoms with van der Waals surface area (Å²) >= 11 is 0. The molecule has 76 valence electrons. The Morgan fingerprint density at radius 3 is 2.36 bits per heavy atom. The summed E-state index contributed by atoms with van der Waals surface area (Å²) in [6.45, 7) is 5.74. The molecule has 0 fully saturated rings. The zero-order valence-electron chi connectivity index (χ0n) is 8.63. The molecule has 1 aliphatic rings. The largest absolute Gasteiger partial charge is 0.454 e. The molecule has 3 nitrogen and oxygen atoms in total. The van der Waals surface area contributed by atoms with Crippen molar-refractivity contribution in [3.8, 4) is 11.5 Å². The number of hydrogen-bond donors (Lipinski definition) is 1. The summed E-state index contributed by atoms with van der Waals surface area (Å²) in [5.74, 6) is 1.48. The number of aryl methyl sites for hydroxylation is 1. The number of rotatable bonds is 1. The Bertz CT molecular complexity index is 364. The summed E-state index contributed by atoms with van der Waals surface area (Å²) in [5.41, 5.74) is 1.05. The summed E-state index contributed by atoms with van der Waals surface area (Å²) in [6, 6.07) is 3.74. The second-order valence-electron chi connectivity index (χ2n) is 4.08. The van der Waals surface area contributed by atoms with Crippen LogP contribution in [-0.4, -0.2) is 11.9 Å². The third-order valence-electron chi connectivity index (χ3n) is 2.38. The molecule has 1 aromatic rings. The van der Waals surface area contributed by atoms with Gasteiger partial charge in [-0.1, -0.05) is 0 Å². The van der Waals surface area contributed by atoms with E-state index < -0.39 is 5.60 Å². The highest BCUT2D eigenvalue weighted by atomic mass is 16.7. The van der Waals surface area contributed by atoms with Crippen LogP contribution in [0.15, 0.2) is 12.1 Å². The molecule has 0 amide bonds. The highest BCUT2D eigenvalue weighted by Crippen LogP contribution is 2.37. The van der Waals surface area contributed by atoms with Crippen LogP contribution in [0.25, 0.3) is 0 Å². The van der Waals surface area contributed by atoms with E-state index in [9.17, 15) is 5.11 Å². The maximum absolute atomic E-state index is 9.90. The Labute approximate surface area is 83.3 Å². The van der Waals surface area contributed by atoms with Crippen LogP contribution in [0.4, 0.5) is 0 Å². The number of benzene rings is 1. The van der Waals surface area contributed by atoms with E-state index in [-0.39, 0.29) is 6.79 Å². The Balaban J connectivity index is 2.53. The van der Waals surface area contributed by atoms with Crippen molar-refractivity contribution in [1.29, 1.82) is 0 Å². The molecule has 1 aliphatic heterocycles. The molecule has 0 aliphatic carbocycles. The monoisotopic (exact) mass is 194 g/mol. The lowest BCUT2D eigenvalue weighted by molar-refractivity contribution is 0.0776. The van der Waals surface area contributed by atoms with Crippen molar-refractivity contribution in [3.05, 3.63) is 23.3 Å². The third kappa shape index (κ3) is 1.44. The van der Waals surface area contributed by atoms with Crippen molar-refractivity contribution >= 4 is 0 Å². The van der Waals surface area contributed by atoms with E-state index in [0.717, 1.165) is 16.9 Å². The molecule has 0 saturated carbocycles. The van der Waals surface area contributed by atoms with E-state index in [1.807, 2.05) is 19.1 Å². The SMILES string of the molecule is Cc1cc2c(cc1C(C)(C)O)OCO2. The highest BCUT2D eigenvalue weighted by Gasteiger charge is 2.23. The molecule has 3 heteroatoms. The second-order valence-corrected chi connectivity index (χ2v) is 4.08. The van der Waals surface area contributed by atoms with Gasteiger partial charge in [-0.15, -0.1) is 0 Å². The zero-order chi connectivity index (χ0) is 10.3. The first-order chi connectivity index (χ1) is 6.48. The maximum atomic E-state index is 9.90. The molecule has 0 bridgehead atoms. The van der Waals surface area contributed by atoms with Crippen LogP contribution in [0.1, 0.15) is 25.0 Å². The van der Waals surface area contributed by atoms with E-state index in [2.05, 4.69) is 0 Å². The molecule has 0 radical (unpaired) electrons. The number of aliphatic hydroxyl groups is 1. The minimum Gasteiger partial charge on any atom is -0.454 e. The van der Waals surface area contributed by atoms with Gasteiger partial charge in [-0.2, -0.15) is 0 Å². The number of ether oxygens (including phenoxy) is 2. The molecule has 0 aromatic heterocycles. The van der Waals surface area contributed by atoms with Crippen LogP contribution in [-0.2, 0) is 5.60 Å². The average Bonchev–Trinajstić information content (AvgIpc) is 2.47. The van der Waals surface area contributed by atoms with Crippen LogP contribution in [0.5, 0.6) is 11.5 Å². The molecule has 14 heavy (non-hydrogen) atoms. The Morgan fingerprint density at radius 1 is 1.21 bits per heavy atom. The smallest absolute Gasteiger partial charge is 0.231 e. The normalized spacial score (nSPS) is 14.6. The van der Waals surface area contributed by atoms with E-state index in [4.69, 9.17) is 9.47 Å². The second kappa shape index (κ2) is 2.89. The standard InChI is InChI=1S/C11H14O3/c1-7-4-9-10(14-6-13-9)5-8(7)11(2,3)12/h4-5,12H,6H2,1-3H3. The van der Waals surface area contributed by atoms with Gasteiger partial charge in [0.25, 0.3) is 0 Å². The molecule has 1 N–H and O–H groups in total. The first-order valence-corrected chi connectivity index (χ1v) is 4.61. The minimum absolute atomic E-state index is 0.268. The van der Waals surface area contributed by atoms with Crippen molar-refractivity contribution in [1.82, 2.24) is 0 Å². The lowest BCUT2D eigenvalue weighted by Crippen LogP contribution is -2.16. The summed E-state index contributed by atoms with van der Waals surface area (Å²) in [5, 5.41) is 9.90. The van der Waals surface area contributed by atoms with Gasteiger partial charge in [0, 0.05) is 0 Å². The van der Waals surface area contributed by atoms with E-state index in [1.54, 1.807) is 13.8 Å². The fraction of sp³-hybridized carbons (Fsp3) is 0.455. The summed E-state index contributed by atoms with van der Waals surface area (Å²) in [6.07, 6.45) is 0. The van der Waals surface area contributed by atoms with E-state index in [0.29, 0.717) is 5.75 Å². The van der Waals surface area contributed by atoms with Crippen molar-refractivity contribution in [3.63, 3.8) is 0 Å². The molecule has 1 heterocycles. The topological polar surface area (TPSA) is 38.7 Å². The number of fused-ring (bicyclic) bond motifs is 1. The van der Waals surface area contributed by atoms with Crippen LogP contribution >= 0.6 is 0 Å². The zero-order valence-corrected chi connectivity index (χ0v) is 8.63. The Morgan fingerprint density at radius 2 is 1.79 bits per heavy atom. The van der Waals surface area contributed by atoms with E-state index in [1.165, 1.54) is 0 Å². The summed E-state index contributed by atoms with van der Waals surface area (Å²) in [7, 11) is 0. The molecule has 0 spiro atoms. The maximum Gasteiger partial charge on any atom is 0.231 e. The van der Waals surface area contributed by atoms with Gasteiger partial charge in [0.2, 0.25) is 6.79 Å². The Kier molecular flexibility index (Phi) is 1.93. The summed E-state index contributed by atoms with van der Waals surface area (Å²) < 4.78 is 10.5. The molecule has 0 unspecified atom stereocenters. The summed E-state index contributed by atoms with van der Waals surface area (Å²) in [4.78, 5) is 0. The lowest BCUT2D eigenvalue weighted by atomic mass is 9.93. The first-order valence-electron chi connectivity index (χ1n) is 4.61. The minimum atomic E-state index is -0.842. The van der Waals surface area contributed by atoms with Crippen LogP contribution in [0.2, 0.25) is 0 Å². The van der Waals surface area contributed by atoms with Crippen molar-refractivity contribution in [2.24, 2.45) is 0 Å². The third-order valence-corrected chi connectivity index (χ3v) is 2.38. The van der Waals surface area contributed by atoms with Crippen molar-refractivity contribution in [2.75, 3.05) is 6.79 Å². The first kappa shape index (κ1) is 9.34. The fourth-order valence-electron chi connectivity index (χ4n) is 1.70. The van der Waals surface area contributed by atoms with Crippen molar-refractivity contribution < 1.29 is 14.6 Å². The van der Waals surface area contributed by atoms with Crippen molar-refractivity contribution in [2.45, 2.75) is 26.4 Å². The molecule has 2 rings (SSSR count). The predicted octanol–water partition coefficient (Wildman–Crippen LogP) is 1.95. The molecule has 1 aromatic carbocycles. The average molecular weight is 194 g/mol. The van der Waals surface area contributed by atoms with Gasteiger partial charge in [0.15, 0.2) is 11.5 Å². The van der Waals surface area contributed by atoms with Gasteiger partial charge in [-0.05, 0) is 44.0 Å². The van der Waals surface area contributed by atoms with Gasteiger partial charge in [0.05, 0.1) is 5.60 Å². The molecular weight excluding hydrogens is 180 g/mol. The van der Waals surface area contributed by atoms with Gasteiger partial charge in [-0.3, -0.25) is 0 Å². The number of hydrogen-bond acceptors (Lipinski definition) is 3. The lowest BCUT2D eigenvalue weighted by Gasteiger charge is -2.20. The molecule has 0 saturated heterocycles. The Hall–Kier alpha value is -1.22. The van der Waals surface area contributed by atoms with E-state index >= 15 is 0 Å². The van der Waals surface area contributed by atoms with Crippen LogP contribution in [0, 0.1) is 6.92 Å². The van der Waals surface area contributed by atoms with Crippen LogP contribution in [0.3, 0.4) is 0 Å². The van der Waals surface area contributed by atoms with Gasteiger partial charge < -0.3 is 14.6 Å². The van der Waals surface area contributed by atoms with Gasteiger partial charge in [-0.25, -0.2) is 0 Å². The molecule has 0 atom stereocenters. The van der Waals surface area contributed by atoms with Crippen LogP contribution < -0.4 is 9.47 Å². The fourth-order valence-corrected chi connectivity index (χ4v) is 1.70. The quantitative estimate of drug-likeness (QED) is 0.742. The predicted molar refractivity (Wildman–Crippen MR) is 52.5 cm³/mol. The van der Waals surface area contributed by atoms with Gasteiger partial charge in [0.1, 0.15) is 0 Å². The van der Waals surface area contributed by atoms with Gasteiger partial charge >= 0.3 is 0 Å².